The van der Waals surface area contributed by atoms with Crippen LogP contribution in [0.25, 0.3) is 22.5 Å². The standard InChI is InChI=1S/C28H28F2N6O2S/c1-15(2)17-8-9-19(28-20(17)12-23(34-35-28)27-21(29)6-5-7-22(27)30)25-14-31-13-24(33-25)18-10-11-26(32-16(18)3)36-39(4,37)38/h5-7,10-15,17,19H,8-9H2,1-4H3,(H,32,36). The smallest absolute Gasteiger partial charge is 0.230 e. The molecule has 4 aromatic rings. The highest BCUT2D eigenvalue weighted by molar-refractivity contribution is 7.92. The van der Waals surface area contributed by atoms with Crippen LogP contribution in [0, 0.1) is 24.5 Å². The second kappa shape index (κ2) is 10.4. The van der Waals surface area contributed by atoms with E-state index < -0.39 is 21.7 Å². The van der Waals surface area contributed by atoms with E-state index in [4.69, 9.17) is 4.98 Å². The molecule has 0 fully saturated rings. The third kappa shape index (κ3) is 5.49. The third-order valence-corrected chi connectivity index (χ3v) is 7.61. The van der Waals surface area contributed by atoms with Gasteiger partial charge in [-0.25, -0.2) is 27.2 Å². The molecule has 3 aromatic heterocycles. The first-order valence-electron chi connectivity index (χ1n) is 12.6. The number of pyridine rings is 1. The van der Waals surface area contributed by atoms with Crippen LogP contribution in [0.5, 0.6) is 0 Å². The normalized spacial score (nSPS) is 17.2. The molecule has 8 nitrogen and oxygen atoms in total. The number of nitrogens with one attached hydrogen (secondary N) is 1. The Morgan fingerprint density at radius 2 is 1.72 bits per heavy atom. The van der Waals surface area contributed by atoms with Gasteiger partial charge < -0.3 is 0 Å². The largest absolute Gasteiger partial charge is 0.268 e. The first kappa shape index (κ1) is 26.7. The van der Waals surface area contributed by atoms with Crippen molar-refractivity contribution in [2.75, 3.05) is 11.0 Å². The van der Waals surface area contributed by atoms with Crippen molar-refractivity contribution in [1.82, 2.24) is 25.1 Å². The zero-order valence-electron chi connectivity index (χ0n) is 22.0. The van der Waals surface area contributed by atoms with E-state index in [9.17, 15) is 17.2 Å². The van der Waals surface area contributed by atoms with E-state index in [2.05, 4.69) is 38.7 Å². The number of nitrogens with zero attached hydrogens (tertiary/aromatic N) is 5. The van der Waals surface area contributed by atoms with Crippen LogP contribution in [0.2, 0.25) is 0 Å². The van der Waals surface area contributed by atoms with Crippen LogP contribution in [-0.4, -0.2) is 39.8 Å². The van der Waals surface area contributed by atoms with E-state index in [0.717, 1.165) is 35.9 Å². The van der Waals surface area contributed by atoms with Crippen molar-refractivity contribution in [1.29, 1.82) is 0 Å². The fraction of sp³-hybridized carbons (Fsp3) is 0.321. The number of rotatable bonds is 6. The summed E-state index contributed by atoms with van der Waals surface area (Å²) in [5.74, 6) is -0.902. The van der Waals surface area contributed by atoms with Crippen molar-refractivity contribution in [3.63, 3.8) is 0 Å². The summed E-state index contributed by atoms with van der Waals surface area (Å²) in [6.07, 6.45) is 6.01. The van der Waals surface area contributed by atoms with Gasteiger partial charge >= 0.3 is 0 Å². The van der Waals surface area contributed by atoms with Gasteiger partial charge in [-0.3, -0.25) is 9.71 Å². The number of benzene rings is 1. The van der Waals surface area contributed by atoms with Crippen LogP contribution in [0.4, 0.5) is 14.6 Å². The van der Waals surface area contributed by atoms with Gasteiger partial charge in [0, 0.05) is 23.4 Å². The van der Waals surface area contributed by atoms with Crippen LogP contribution in [0.3, 0.4) is 0 Å². The Hall–Kier alpha value is -3.86. The van der Waals surface area contributed by atoms with E-state index in [0.29, 0.717) is 17.1 Å². The molecule has 0 saturated heterocycles. The molecular weight excluding hydrogens is 522 g/mol. The number of halogens is 2. The van der Waals surface area contributed by atoms with Crippen LogP contribution in [-0.2, 0) is 10.0 Å². The molecule has 2 unspecified atom stereocenters. The molecule has 5 rings (SSSR count). The Kier molecular flexibility index (Phi) is 7.11. The Bertz CT molecular complexity index is 1640. The molecule has 0 saturated carbocycles. The first-order chi connectivity index (χ1) is 18.5. The second-order valence-corrected chi connectivity index (χ2v) is 11.9. The summed E-state index contributed by atoms with van der Waals surface area (Å²) in [6, 6.07) is 8.84. The molecule has 1 aromatic carbocycles. The van der Waals surface area contributed by atoms with Crippen LogP contribution in [0.15, 0.2) is 48.8 Å². The Balaban J connectivity index is 1.55. The van der Waals surface area contributed by atoms with Crippen molar-refractivity contribution < 1.29 is 17.2 Å². The maximum absolute atomic E-state index is 14.5. The number of fused-ring (bicyclic) bond motifs is 1. The quantitative estimate of drug-likeness (QED) is 0.332. The molecular formula is C28H28F2N6O2S. The van der Waals surface area contributed by atoms with Gasteiger partial charge in [0.05, 0.1) is 40.8 Å². The van der Waals surface area contributed by atoms with Gasteiger partial charge in [-0.2, -0.15) is 5.10 Å². The molecule has 0 amide bonds. The van der Waals surface area contributed by atoms with E-state index in [1.165, 1.54) is 18.2 Å². The minimum Gasteiger partial charge on any atom is -0.268 e. The van der Waals surface area contributed by atoms with E-state index in [1.54, 1.807) is 37.5 Å². The van der Waals surface area contributed by atoms with E-state index in [1.807, 2.05) is 0 Å². The molecule has 39 heavy (non-hydrogen) atoms. The van der Waals surface area contributed by atoms with Crippen molar-refractivity contribution in [2.24, 2.45) is 5.92 Å². The first-order valence-corrected chi connectivity index (χ1v) is 14.5. The molecule has 1 aliphatic carbocycles. The lowest BCUT2D eigenvalue weighted by Gasteiger charge is -2.32. The topological polar surface area (TPSA) is 111 Å². The molecule has 1 N–H and O–H groups in total. The average molecular weight is 551 g/mol. The lowest BCUT2D eigenvalue weighted by atomic mass is 9.74. The van der Waals surface area contributed by atoms with Gasteiger partial charge in [0.15, 0.2) is 0 Å². The van der Waals surface area contributed by atoms with Gasteiger partial charge in [0.2, 0.25) is 10.0 Å². The predicted octanol–water partition coefficient (Wildman–Crippen LogP) is 5.62. The fourth-order valence-corrected chi connectivity index (χ4v) is 5.72. The molecule has 0 bridgehead atoms. The van der Waals surface area contributed by atoms with Gasteiger partial charge in [-0.05, 0) is 67.5 Å². The number of hydrogen-bond acceptors (Lipinski definition) is 7. The van der Waals surface area contributed by atoms with Crippen LogP contribution < -0.4 is 4.72 Å². The molecule has 202 valence electrons. The molecule has 11 heteroatoms. The maximum atomic E-state index is 14.5. The highest BCUT2D eigenvalue weighted by atomic mass is 32.2. The summed E-state index contributed by atoms with van der Waals surface area (Å²) in [4.78, 5) is 13.7. The number of aryl methyl sites for hydroxylation is 1. The zero-order chi connectivity index (χ0) is 27.9. The number of aromatic nitrogens is 5. The minimum absolute atomic E-state index is 0.151. The molecule has 3 heterocycles. The van der Waals surface area contributed by atoms with Crippen molar-refractivity contribution in [3.05, 3.63) is 83.1 Å². The summed E-state index contributed by atoms with van der Waals surface area (Å²) in [6.45, 7) is 6.02. The average Bonchev–Trinajstić information content (AvgIpc) is 2.87. The van der Waals surface area contributed by atoms with E-state index >= 15 is 0 Å². The third-order valence-electron chi connectivity index (χ3n) is 7.03. The Morgan fingerprint density at radius 1 is 0.974 bits per heavy atom. The Morgan fingerprint density at radius 3 is 2.38 bits per heavy atom. The maximum Gasteiger partial charge on any atom is 0.230 e. The fourth-order valence-electron chi connectivity index (χ4n) is 5.22. The van der Waals surface area contributed by atoms with E-state index in [-0.39, 0.29) is 34.8 Å². The lowest BCUT2D eigenvalue weighted by molar-refractivity contribution is 0.407. The SMILES string of the molecule is Cc1nc(NS(C)(=O)=O)ccc1-c1cncc(C2CCC(C(C)C)c3cc(-c4c(F)cccc4F)nnc32)n1. The predicted molar refractivity (Wildman–Crippen MR) is 145 cm³/mol. The van der Waals surface area contributed by atoms with Crippen molar-refractivity contribution in [3.8, 4) is 22.5 Å². The molecule has 0 spiro atoms. The van der Waals surface area contributed by atoms with Gasteiger partial charge in [0.1, 0.15) is 17.5 Å². The highest BCUT2D eigenvalue weighted by Gasteiger charge is 2.33. The molecule has 0 radical (unpaired) electrons. The van der Waals surface area contributed by atoms with Crippen LogP contribution >= 0.6 is 0 Å². The number of anilines is 1. The zero-order valence-corrected chi connectivity index (χ0v) is 22.8. The summed E-state index contributed by atoms with van der Waals surface area (Å²) in [5.41, 5.74) is 4.23. The monoisotopic (exact) mass is 550 g/mol. The Labute approximate surface area is 226 Å². The summed E-state index contributed by atoms with van der Waals surface area (Å²) in [5, 5.41) is 8.75. The minimum atomic E-state index is -3.45. The van der Waals surface area contributed by atoms with Crippen molar-refractivity contribution >= 4 is 15.8 Å². The number of sulfonamides is 1. The molecule has 2 atom stereocenters. The van der Waals surface area contributed by atoms with Crippen molar-refractivity contribution in [2.45, 2.75) is 45.4 Å². The van der Waals surface area contributed by atoms with Gasteiger partial charge in [-0.15, -0.1) is 5.10 Å². The highest BCUT2D eigenvalue weighted by Crippen LogP contribution is 2.44. The summed E-state index contributed by atoms with van der Waals surface area (Å²) < 4.78 is 54.6. The molecule has 1 aliphatic rings. The van der Waals surface area contributed by atoms with Gasteiger partial charge in [-0.1, -0.05) is 19.9 Å². The van der Waals surface area contributed by atoms with Crippen LogP contribution in [0.1, 0.15) is 61.2 Å². The van der Waals surface area contributed by atoms with Gasteiger partial charge in [0.25, 0.3) is 0 Å². The summed E-state index contributed by atoms with van der Waals surface area (Å²) in [7, 11) is -3.45. The number of hydrogen-bond donors (Lipinski definition) is 1. The molecule has 0 aliphatic heterocycles. The lowest BCUT2D eigenvalue weighted by Crippen LogP contribution is -2.22. The second-order valence-electron chi connectivity index (χ2n) is 10.2. The summed E-state index contributed by atoms with van der Waals surface area (Å²) >= 11 is 0.